The molecule has 1 aliphatic carbocycles. The van der Waals surface area contributed by atoms with Gasteiger partial charge in [-0.05, 0) is 21.0 Å². The van der Waals surface area contributed by atoms with Crippen LogP contribution in [-0.4, -0.2) is 39.2 Å². The summed E-state index contributed by atoms with van der Waals surface area (Å²) in [5, 5.41) is 1.97. The van der Waals surface area contributed by atoms with Crippen molar-refractivity contribution in [2.75, 3.05) is 13.2 Å². The summed E-state index contributed by atoms with van der Waals surface area (Å²) < 4.78 is 49.7. The number of halogens is 2. The van der Waals surface area contributed by atoms with Gasteiger partial charge in [0.2, 0.25) is 0 Å². The van der Waals surface area contributed by atoms with E-state index in [1.807, 2.05) is 66.7 Å². The van der Waals surface area contributed by atoms with Crippen molar-refractivity contribution in [2.45, 2.75) is 56.5 Å². The molecule has 3 aromatic rings. The first-order valence-electron chi connectivity index (χ1n) is 12.6. The van der Waals surface area contributed by atoms with Crippen LogP contribution < -0.4 is 10.4 Å². The molecular weight excluding hydrogens is 474 g/mol. The van der Waals surface area contributed by atoms with Gasteiger partial charge in [0, 0.05) is 6.42 Å². The van der Waals surface area contributed by atoms with E-state index in [-0.39, 0.29) is 31.3 Å². The molecule has 0 aromatic heterocycles. The summed E-state index contributed by atoms with van der Waals surface area (Å²) in [6.07, 6.45) is -1.12. The van der Waals surface area contributed by atoms with E-state index in [2.05, 4.69) is 45.0 Å². The molecule has 0 spiro atoms. The van der Waals surface area contributed by atoms with Crippen LogP contribution in [0.25, 0.3) is 0 Å². The summed E-state index contributed by atoms with van der Waals surface area (Å²) in [6.45, 7) is 6.86. The van der Waals surface area contributed by atoms with Crippen LogP contribution in [-0.2, 0) is 20.5 Å². The molecule has 0 N–H and O–H groups in total. The first kappa shape index (κ1) is 25.3. The second-order valence-electron chi connectivity index (χ2n) is 11.1. The molecule has 1 saturated heterocycles. The zero-order valence-corrected chi connectivity index (χ0v) is 22.1. The SMILES string of the molecule is CC(C)(C)[Si](OC[C@]12CC(F)(F)[C@H](CO1)[C@H]2OCc1ccccc1)(c1ccccc1)c1ccccc1. The number of fused-ring (bicyclic) bond motifs is 2. The van der Waals surface area contributed by atoms with Crippen molar-refractivity contribution in [1.82, 2.24) is 0 Å². The average Bonchev–Trinajstić information content (AvgIpc) is 3.32. The molecule has 1 heterocycles. The number of alkyl halides is 2. The monoisotopic (exact) mass is 508 g/mol. The van der Waals surface area contributed by atoms with Gasteiger partial charge in [-0.2, -0.15) is 0 Å². The first-order chi connectivity index (χ1) is 17.2. The van der Waals surface area contributed by atoms with Crippen molar-refractivity contribution < 1.29 is 22.7 Å². The third-order valence-corrected chi connectivity index (χ3v) is 12.7. The molecule has 2 fully saturated rings. The fraction of sp³-hybridized carbons (Fsp3) is 0.400. The Morgan fingerprint density at radius 3 is 1.89 bits per heavy atom. The maximum absolute atomic E-state index is 15.2. The Labute approximate surface area is 213 Å². The van der Waals surface area contributed by atoms with Crippen molar-refractivity contribution in [3.8, 4) is 0 Å². The molecule has 1 aliphatic heterocycles. The van der Waals surface area contributed by atoms with Crippen LogP contribution in [0.2, 0.25) is 5.04 Å². The van der Waals surface area contributed by atoms with Crippen molar-refractivity contribution in [3.63, 3.8) is 0 Å². The Balaban J connectivity index is 1.50. The van der Waals surface area contributed by atoms with E-state index >= 15 is 8.78 Å². The fourth-order valence-electron chi connectivity index (χ4n) is 6.01. The minimum Gasteiger partial charge on any atom is -0.404 e. The van der Waals surface area contributed by atoms with E-state index in [0.717, 1.165) is 15.9 Å². The molecule has 3 aromatic carbocycles. The van der Waals surface area contributed by atoms with E-state index in [1.165, 1.54) is 0 Å². The highest BCUT2D eigenvalue weighted by molar-refractivity contribution is 6.99. The molecule has 0 radical (unpaired) electrons. The lowest BCUT2D eigenvalue weighted by Gasteiger charge is -2.45. The van der Waals surface area contributed by atoms with E-state index in [9.17, 15) is 0 Å². The summed E-state index contributed by atoms with van der Waals surface area (Å²) in [6, 6.07) is 30.1. The molecule has 2 aliphatic rings. The van der Waals surface area contributed by atoms with Crippen LogP contribution in [0, 0.1) is 5.92 Å². The van der Waals surface area contributed by atoms with E-state index in [4.69, 9.17) is 13.9 Å². The zero-order valence-electron chi connectivity index (χ0n) is 21.1. The summed E-state index contributed by atoms with van der Waals surface area (Å²) in [4.78, 5) is 0. The maximum atomic E-state index is 15.2. The second kappa shape index (κ2) is 9.49. The lowest BCUT2D eigenvalue weighted by atomic mass is 10.0. The van der Waals surface area contributed by atoms with Gasteiger partial charge in [0.05, 0.1) is 25.7 Å². The predicted octanol–water partition coefficient (Wildman–Crippen LogP) is 5.57. The number of rotatable bonds is 8. The Hall–Kier alpha value is -2.38. The van der Waals surface area contributed by atoms with Gasteiger partial charge in [-0.3, -0.25) is 0 Å². The van der Waals surface area contributed by atoms with Gasteiger partial charge < -0.3 is 13.9 Å². The molecule has 3 nitrogen and oxygen atoms in total. The largest absolute Gasteiger partial charge is 0.404 e. The Morgan fingerprint density at radius 1 is 0.861 bits per heavy atom. The summed E-state index contributed by atoms with van der Waals surface area (Å²) in [7, 11) is -2.90. The summed E-state index contributed by atoms with van der Waals surface area (Å²) in [5.41, 5.74) is -0.231. The Bertz CT molecular complexity index is 1110. The lowest BCUT2D eigenvalue weighted by molar-refractivity contribution is -0.147. The summed E-state index contributed by atoms with van der Waals surface area (Å²) in [5.74, 6) is -3.82. The second-order valence-corrected chi connectivity index (χ2v) is 15.4. The normalized spacial score (nSPS) is 25.2. The molecule has 1 saturated carbocycles. The van der Waals surface area contributed by atoms with Crippen LogP contribution in [0.5, 0.6) is 0 Å². The molecule has 0 amide bonds. The molecule has 190 valence electrons. The molecular formula is C30H34F2O3Si. The molecule has 36 heavy (non-hydrogen) atoms. The standard InChI is InChI=1S/C30H34F2O3Si/c1-28(2,3)36(24-15-9-5-10-16-24,25-17-11-6-12-18-25)35-22-29-21-30(31,32)26(20-34-29)27(29)33-19-23-13-7-4-8-14-23/h4-18,26-27H,19-22H2,1-3H3/t26-,27-,29+/m1/s1. The molecule has 5 rings (SSSR count). The third-order valence-electron chi connectivity index (χ3n) is 7.73. The summed E-state index contributed by atoms with van der Waals surface area (Å²) >= 11 is 0. The van der Waals surface area contributed by atoms with Gasteiger partial charge in [-0.25, -0.2) is 8.78 Å². The first-order valence-corrected chi connectivity index (χ1v) is 14.5. The smallest absolute Gasteiger partial charge is 0.261 e. The number of hydrogen-bond donors (Lipinski definition) is 0. The maximum Gasteiger partial charge on any atom is 0.261 e. The lowest BCUT2D eigenvalue weighted by Crippen LogP contribution is -2.68. The van der Waals surface area contributed by atoms with E-state index < -0.39 is 31.9 Å². The van der Waals surface area contributed by atoms with Crippen molar-refractivity contribution >= 4 is 18.7 Å². The predicted molar refractivity (Wildman–Crippen MR) is 140 cm³/mol. The Morgan fingerprint density at radius 2 is 1.39 bits per heavy atom. The van der Waals surface area contributed by atoms with Crippen molar-refractivity contribution in [1.29, 1.82) is 0 Å². The van der Waals surface area contributed by atoms with Crippen LogP contribution in [0.1, 0.15) is 32.8 Å². The van der Waals surface area contributed by atoms with Gasteiger partial charge in [0.25, 0.3) is 14.2 Å². The van der Waals surface area contributed by atoms with Gasteiger partial charge >= 0.3 is 0 Å². The topological polar surface area (TPSA) is 27.7 Å². The molecule has 2 bridgehead atoms. The minimum atomic E-state index is -2.90. The molecule has 6 heteroatoms. The van der Waals surface area contributed by atoms with Crippen LogP contribution in [0.4, 0.5) is 8.78 Å². The number of ether oxygens (including phenoxy) is 2. The highest BCUT2D eigenvalue weighted by Gasteiger charge is 2.70. The molecule has 0 unspecified atom stereocenters. The van der Waals surface area contributed by atoms with Crippen LogP contribution >= 0.6 is 0 Å². The minimum absolute atomic E-state index is 0.0173. The van der Waals surface area contributed by atoms with Crippen LogP contribution in [0.3, 0.4) is 0 Å². The van der Waals surface area contributed by atoms with Crippen LogP contribution in [0.15, 0.2) is 91.0 Å². The highest BCUT2D eigenvalue weighted by atomic mass is 28.4. The van der Waals surface area contributed by atoms with Crippen molar-refractivity contribution in [2.24, 2.45) is 5.92 Å². The molecule has 3 atom stereocenters. The average molecular weight is 509 g/mol. The fourth-order valence-corrected chi connectivity index (χ4v) is 10.6. The number of hydrogen-bond acceptors (Lipinski definition) is 3. The van der Waals surface area contributed by atoms with Gasteiger partial charge in [0.15, 0.2) is 0 Å². The van der Waals surface area contributed by atoms with Gasteiger partial charge in [-0.15, -0.1) is 0 Å². The van der Waals surface area contributed by atoms with E-state index in [0.29, 0.717) is 0 Å². The number of benzene rings is 3. The van der Waals surface area contributed by atoms with Gasteiger partial charge in [-0.1, -0.05) is 112 Å². The Kier molecular flexibility index (Phi) is 6.66. The van der Waals surface area contributed by atoms with Gasteiger partial charge in [0.1, 0.15) is 11.7 Å². The highest BCUT2D eigenvalue weighted by Crippen LogP contribution is 2.55. The quantitative estimate of drug-likeness (QED) is 0.372. The van der Waals surface area contributed by atoms with Crippen molar-refractivity contribution in [3.05, 3.63) is 96.6 Å². The zero-order chi connectivity index (χ0) is 25.4. The van der Waals surface area contributed by atoms with E-state index in [1.54, 1.807) is 0 Å². The third kappa shape index (κ3) is 4.34.